The average Bonchev–Trinajstić information content (AvgIpc) is 3.24. The number of nitro benzene ring substituents is 1. The van der Waals surface area contributed by atoms with Crippen molar-refractivity contribution in [3.63, 3.8) is 0 Å². The summed E-state index contributed by atoms with van der Waals surface area (Å²) >= 11 is 0. The number of rotatable bonds is 6. The highest BCUT2D eigenvalue weighted by Crippen LogP contribution is 2.36. The van der Waals surface area contributed by atoms with Crippen molar-refractivity contribution < 1.29 is 13.3 Å². The first-order valence-corrected chi connectivity index (χ1v) is 8.16. The molecule has 1 aliphatic carbocycles. The molecule has 124 valence electrons. The van der Waals surface area contributed by atoms with E-state index < -0.39 is 14.9 Å². The highest BCUT2D eigenvalue weighted by molar-refractivity contribution is 7.89. The lowest BCUT2D eigenvalue weighted by atomic mass is 10.2. The molecule has 9 heteroatoms. The van der Waals surface area contributed by atoms with E-state index in [0.29, 0.717) is 5.56 Å². The van der Waals surface area contributed by atoms with Crippen LogP contribution in [0.4, 0.5) is 5.69 Å². The smallest absolute Gasteiger partial charge is 0.270 e. The van der Waals surface area contributed by atoms with Gasteiger partial charge in [-0.3, -0.25) is 10.1 Å². The molecule has 22 heavy (non-hydrogen) atoms. The van der Waals surface area contributed by atoms with Crippen molar-refractivity contribution in [1.82, 2.24) is 4.31 Å². The molecule has 0 amide bonds. The Morgan fingerprint density at radius 3 is 2.50 bits per heavy atom. The fourth-order valence-corrected chi connectivity index (χ4v) is 4.10. The molecule has 1 saturated carbocycles. The summed E-state index contributed by atoms with van der Waals surface area (Å²) in [6.07, 6.45) is 1.94. The van der Waals surface area contributed by atoms with Gasteiger partial charge in [-0.05, 0) is 31.2 Å². The SMILES string of the molecule is Cc1ccc([N+](=O)[O-])cc1S(=O)(=O)N(C)C(CN)C1CC1.Cl. The van der Waals surface area contributed by atoms with Crippen molar-refractivity contribution in [3.8, 4) is 0 Å². The molecule has 0 saturated heterocycles. The van der Waals surface area contributed by atoms with Gasteiger partial charge in [0.15, 0.2) is 0 Å². The molecule has 0 bridgehead atoms. The number of nitrogens with two attached hydrogens (primary N) is 1. The fraction of sp³-hybridized carbons (Fsp3) is 0.538. The minimum Gasteiger partial charge on any atom is -0.329 e. The van der Waals surface area contributed by atoms with Crippen molar-refractivity contribution in [2.45, 2.75) is 30.7 Å². The van der Waals surface area contributed by atoms with E-state index in [1.165, 1.54) is 23.5 Å². The number of halogens is 1. The van der Waals surface area contributed by atoms with Gasteiger partial charge in [-0.1, -0.05) is 6.07 Å². The molecule has 0 heterocycles. The lowest BCUT2D eigenvalue weighted by molar-refractivity contribution is -0.385. The molecule has 7 nitrogen and oxygen atoms in total. The highest BCUT2D eigenvalue weighted by atomic mass is 35.5. The largest absolute Gasteiger partial charge is 0.329 e. The van der Waals surface area contributed by atoms with Gasteiger partial charge in [-0.25, -0.2) is 8.42 Å². The van der Waals surface area contributed by atoms with Gasteiger partial charge in [-0.2, -0.15) is 4.31 Å². The number of non-ortho nitro benzene ring substituents is 1. The monoisotopic (exact) mass is 349 g/mol. The first kappa shape index (κ1) is 18.8. The zero-order valence-electron chi connectivity index (χ0n) is 12.4. The summed E-state index contributed by atoms with van der Waals surface area (Å²) in [5.74, 6) is 0.286. The predicted octanol–water partition coefficient (Wildman–Crippen LogP) is 1.68. The summed E-state index contributed by atoms with van der Waals surface area (Å²) in [4.78, 5) is 10.2. The molecular formula is C13H20ClN3O4S. The van der Waals surface area contributed by atoms with Crippen LogP contribution in [0.15, 0.2) is 23.1 Å². The Labute approximate surface area is 136 Å². The second-order valence-electron chi connectivity index (χ2n) is 5.37. The van der Waals surface area contributed by atoms with E-state index in [-0.39, 0.29) is 41.5 Å². The summed E-state index contributed by atoms with van der Waals surface area (Å²) < 4.78 is 26.7. The van der Waals surface area contributed by atoms with E-state index in [2.05, 4.69) is 0 Å². The molecule has 1 atom stereocenters. The van der Waals surface area contributed by atoms with Gasteiger partial charge in [0.1, 0.15) is 0 Å². The third kappa shape index (κ3) is 3.57. The molecule has 0 aliphatic heterocycles. The van der Waals surface area contributed by atoms with Crippen LogP contribution < -0.4 is 5.73 Å². The molecule has 2 N–H and O–H groups in total. The number of hydrogen-bond acceptors (Lipinski definition) is 5. The lowest BCUT2D eigenvalue weighted by Crippen LogP contribution is -2.43. The molecule has 1 unspecified atom stereocenters. The number of nitrogens with zero attached hydrogens (tertiary/aromatic N) is 2. The quantitative estimate of drug-likeness (QED) is 0.621. The lowest BCUT2D eigenvalue weighted by Gasteiger charge is -2.26. The predicted molar refractivity (Wildman–Crippen MR) is 85.6 cm³/mol. The minimum atomic E-state index is -3.79. The zero-order valence-corrected chi connectivity index (χ0v) is 14.1. The standard InChI is InChI=1S/C13H19N3O4S.ClH/c1-9-3-6-11(16(17)18)7-13(9)21(19,20)15(2)12(8-14)10-4-5-10;/h3,6-7,10,12H,4-5,8,14H2,1-2H3;1H. The molecule has 0 aromatic heterocycles. The maximum absolute atomic E-state index is 12.7. The molecule has 1 aromatic rings. The normalized spacial score (nSPS) is 16.2. The van der Waals surface area contributed by atoms with Crippen molar-refractivity contribution in [1.29, 1.82) is 0 Å². The van der Waals surface area contributed by atoms with Gasteiger partial charge in [0.05, 0.1) is 9.82 Å². The van der Waals surface area contributed by atoms with E-state index in [0.717, 1.165) is 18.9 Å². The fourth-order valence-electron chi connectivity index (χ4n) is 2.43. The Bertz CT molecular complexity index is 661. The summed E-state index contributed by atoms with van der Waals surface area (Å²) in [5, 5.41) is 10.8. The maximum Gasteiger partial charge on any atom is 0.270 e. The van der Waals surface area contributed by atoms with Crippen LogP contribution in [-0.2, 0) is 10.0 Å². The molecule has 1 aromatic carbocycles. The van der Waals surface area contributed by atoms with Crippen LogP contribution in [0.5, 0.6) is 0 Å². The molecule has 0 spiro atoms. The number of benzene rings is 1. The third-order valence-electron chi connectivity index (χ3n) is 3.91. The Morgan fingerprint density at radius 1 is 1.45 bits per heavy atom. The molecule has 0 radical (unpaired) electrons. The zero-order chi connectivity index (χ0) is 15.8. The van der Waals surface area contributed by atoms with Gasteiger partial charge in [0, 0.05) is 31.8 Å². The van der Waals surface area contributed by atoms with E-state index in [4.69, 9.17) is 5.73 Å². The Kier molecular flexibility index (Phi) is 5.91. The Morgan fingerprint density at radius 2 is 2.05 bits per heavy atom. The molecular weight excluding hydrogens is 330 g/mol. The van der Waals surface area contributed by atoms with Crippen LogP contribution in [0, 0.1) is 23.0 Å². The topological polar surface area (TPSA) is 107 Å². The van der Waals surface area contributed by atoms with Crippen molar-refractivity contribution >= 4 is 28.1 Å². The van der Waals surface area contributed by atoms with Crippen LogP contribution >= 0.6 is 12.4 Å². The summed E-state index contributed by atoms with van der Waals surface area (Å²) in [7, 11) is -2.30. The number of hydrogen-bond donors (Lipinski definition) is 1. The van der Waals surface area contributed by atoms with Crippen LogP contribution in [-0.4, -0.2) is 37.3 Å². The van der Waals surface area contributed by atoms with E-state index in [9.17, 15) is 18.5 Å². The highest BCUT2D eigenvalue weighted by Gasteiger charge is 2.38. The van der Waals surface area contributed by atoms with Crippen LogP contribution in [0.2, 0.25) is 0 Å². The van der Waals surface area contributed by atoms with Crippen LogP contribution in [0.3, 0.4) is 0 Å². The van der Waals surface area contributed by atoms with Crippen molar-refractivity contribution in [2.75, 3.05) is 13.6 Å². The minimum absolute atomic E-state index is 0. The average molecular weight is 350 g/mol. The molecule has 1 fully saturated rings. The van der Waals surface area contributed by atoms with E-state index in [1.807, 2.05) is 0 Å². The van der Waals surface area contributed by atoms with Gasteiger partial charge < -0.3 is 5.73 Å². The number of sulfonamides is 1. The van der Waals surface area contributed by atoms with E-state index in [1.54, 1.807) is 6.92 Å². The second kappa shape index (κ2) is 6.91. The molecule has 1 aliphatic rings. The number of likely N-dealkylation sites (N-methyl/N-ethyl adjacent to an activating group) is 1. The Balaban J connectivity index is 0.00000242. The van der Waals surface area contributed by atoms with Gasteiger partial charge in [0.2, 0.25) is 10.0 Å². The summed E-state index contributed by atoms with van der Waals surface area (Å²) in [5.41, 5.74) is 5.94. The van der Waals surface area contributed by atoms with Crippen molar-refractivity contribution in [3.05, 3.63) is 33.9 Å². The maximum atomic E-state index is 12.7. The second-order valence-corrected chi connectivity index (χ2v) is 7.33. The van der Waals surface area contributed by atoms with Gasteiger partial charge in [0.25, 0.3) is 5.69 Å². The van der Waals surface area contributed by atoms with Gasteiger partial charge >= 0.3 is 0 Å². The first-order valence-electron chi connectivity index (χ1n) is 6.72. The summed E-state index contributed by atoms with van der Waals surface area (Å²) in [6.45, 7) is 1.87. The first-order chi connectivity index (χ1) is 9.78. The van der Waals surface area contributed by atoms with Crippen LogP contribution in [0.25, 0.3) is 0 Å². The van der Waals surface area contributed by atoms with Gasteiger partial charge in [-0.15, -0.1) is 12.4 Å². The number of aryl methyl sites for hydroxylation is 1. The van der Waals surface area contributed by atoms with Crippen LogP contribution in [0.1, 0.15) is 18.4 Å². The number of nitro groups is 1. The van der Waals surface area contributed by atoms with Crippen molar-refractivity contribution in [2.24, 2.45) is 11.7 Å². The summed E-state index contributed by atoms with van der Waals surface area (Å²) in [6, 6.07) is 3.61. The molecule has 2 rings (SSSR count). The third-order valence-corrected chi connectivity index (χ3v) is 5.94. The van der Waals surface area contributed by atoms with E-state index >= 15 is 0 Å². The Hall–Kier alpha value is -1.22.